The highest BCUT2D eigenvalue weighted by atomic mass is 16.7. The normalized spacial score (nSPS) is 10.6. The minimum absolute atomic E-state index is 0.0176. The van der Waals surface area contributed by atoms with Gasteiger partial charge in [-0.25, -0.2) is 0 Å². The van der Waals surface area contributed by atoms with E-state index < -0.39 is 0 Å². The highest BCUT2D eigenvalue weighted by Gasteiger charge is 2.14. The third-order valence-electron chi connectivity index (χ3n) is 6.35. The number of rotatable bonds is 15. The fraction of sp³-hybridized carbons (Fsp3) is 0.182. The Labute approximate surface area is 243 Å². The molecule has 0 fully saturated rings. The summed E-state index contributed by atoms with van der Waals surface area (Å²) in [6, 6.07) is 21.8. The molecule has 0 bridgehead atoms. The fourth-order valence-corrected chi connectivity index (χ4v) is 4.30. The molecule has 0 spiro atoms. The molecule has 0 aliphatic carbocycles. The van der Waals surface area contributed by atoms with E-state index in [0.717, 1.165) is 52.2 Å². The van der Waals surface area contributed by atoms with E-state index in [1.54, 1.807) is 36.4 Å². The molecule has 0 radical (unpaired) electrons. The Hall–Kier alpha value is -4.83. The summed E-state index contributed by atoms with van der Waals surface area (Å²) in [5, 5.41) is 0. The lowest BCUT2D eigenvalue weighted by Crippen LogP contribution is -2.02. The number of aldehydes is 3. The lowest BCUT2D eigenvalue weighted by molar-refractivity contribution is 0.0503. The SMILES string of the molecule is COCOc1cc(-c2cc(-c3ccc(C=O)c(OCOC)c3)cc(-c3ccc(C=O)c(OCOC)c3)c2)ccc1C=O. The van der Waals surface area contributed by atoms with Crippen molar-refractivity contribution in [3.05, 3.63) is 89.5 Å². The van der Waals surface area contributed by atoms with Crippen LogP contribution < -0.4 is 14.2 Å². The van der Waals surface area contributed by atoms with Gasteiger partial charge < -0.3 is 28.4 Å². The van der Waals surface area contributed by atoms with E-state index in [1.807, 2.05) is 36.4 Å². The largest absolute Gasteiger partial charge is 0.467 e. The maximum Gasteiger partial charge on any atom is 0.188 e. The van der Waals surface area contributed by atoms with E-state index in [-0.39, 0.29) is 20.4 Å². The van der Waals surface area contributed by atoms with Gasteiger partial charge >= 0.3 is 0 Å². The lowest BCUT2D eigenvalue weighted by atomic mass is 9.92. The molecule has 0 N–H and O–H groups in total. The third kappa shape index (κ3) is 7.08. The Morgan fingerprint density at radius 3 is 0.952 bits per heavy atom. The number of hydrogen-bond donors (Lipinski definition) is 0. The van der Waals surface area contributed by atoms with Gasteiger partial charge in [-0.2, -0.15) is 0 Å². The van der Waals surface area contributed by atoms with Crippen LogP contribution >= 0.6 is 0 Å². The van der Waals surface area contributed by atoms with Crippen LogP contribution in [0.1, 0.15) is 31.1 Å². The van der Waals surface area contributed by atoms with Gasteiger partial charge in [0.05, 0.1) is 16.7 Å². The molecule has 0 aliphatic rings. The molecule has 0 heterocycles. The number of carbonyl (C=O) groups is 3. The first-order chi connectivity index (χ1) is 20.5. The van der Waals surface area contributed by atoms with Crippen LogP contribution in [0.3, 0.4) is 0 Å². The van der Waals surface area contributed by atoms with Gasteiger partial charge in [0.2, 0.25) is 0 Å². The maximum absolute atomic E-state index is 11.6. The predicted molar refractivity (Wildman–Crippen MR) is 156 cm³/mol. The molecule has 0 aliphatic heterocycles. The van der Waals surface area contributed by atoms with Crippen LogP contribution in [0, 0.1) is 0 Å². The van der Waals surface area contributed by atoms with E-state index in [9.17, 15) is 14.4 Å². The fourth-order valence-electron chi connectivity index (χ4n) is 4.30. The van der Waals surface area contributed by atoms with Crippen LogP contribution in [-0.4, -0.2) is 60.6 Å². The monoisotopic (exact) mass is 570 g/mol. The number of ether oxygens (including phenoxy) is 6. The highest BCUT2D eigenvalue weighted by molar-refractivity contribution is 5.88. The summed E-state index contributed by atoms with van der Waals surface area (Å²) in [5.41, 5.74) is 5.99. The Morgan fingerprint density at radius 1 is 0.429 bits per heavy atom. The quantitative estimate of drug-likeness (QED) is 0.124. The Balaban J connectivity index is 1.91. The third-order valence-corrected chi connectivity index (χ3v) is 6.35. The molecule has 0 unspecified atom stereocenters. The van der Waals surface area contributed by atoms with Gasteiger partial charge in [0, 0.05) is 21.3 Å². The molecule has 9 heteroatoms. The van der Waals surface area contributed by atoms with Crippen molar-refractivity contribution in [3.8, 4) is 50.6 Å². The van der Waals surface area contributed by atoms with Gasteiger partial charge in [-0.15, -0.1) is 0 Å². The van der Waals surface area contributed by atoms with E-state index in [2.05, 4.69) is 0 Å². The lowest BCUT2D eigenvalue weighted by Gasteiger charge is -2.15. The zero-order chi connectivity index (χ0) is 29.9. The second kappa shape index (κ2) is 14.7. The van der Waals surface area contributed by atoms with Crippen molar-refractivity contribution in [1.82, 2.24) is 0 Å². The van der Waals surface area contributed by atoms with Crippen molar-refractivity contribution in [3.63, 3.8) is 0 Å². The number of carbonyl (C=O) groups excluding carboxylic acids is 3. The first-order valence-corrected chi connectivity index (χ1v) is 12.8. The van der Waals surface area contributed by atoms with Crippen molar-refractivity contribution in [1.29, 1.82) is 0 Å². The topological polar surface area (TPSA) is 107 Å². The Kier molecular flexibility index (Phi) is 10.5. The van der Waals surface area contributed by atoms with Gasteiger partial charge in [0.15, 0.2) is 39.2 Å². The van der Waals surface area contributed by atoms with Gasteiger partial charge in [-0.05, 0) is 88.0 Å². The average molecular weight is 571 g/mol. The molecule has 9 nitrogen and oxygen atoms in total. The van der Waals surface area contributed by atoms with Gasteiger partial charge in [-0.1, -0.05) is 18.2 Å². The summed E-state index contributed by atoms with van der Waals surface area (Å²) >= 11 is 0. The van der Waals surface area contributed by atoms with Crippen LogP contribution in [0.5, 0.6) is 17.2 Å². The first kappa shape index (κ1) is 30.1. The zero-order valence-corrected chi connectivity index (χ0v) is 23.5. The van der Waals surface area contributed by atoms with Crippen LogP contribution in [0.15, 0.2) is 72.8 Å². The van der Waals surface area contributed by atoms with Gasteiger partial charge in [-0.3, -0.25) is 14.4 Å². The summed E-state index contributed by atoms with van der Waals surface area (Å²) < 4.78 is 32.0. The minimum Gasteiger partial charge on any atom is -0.467 e. The van der Waals surface area contributed by atoms with Crippen molar-refractivity contribution in [2.24, 2.45) is 0 Å². The highest BCUT2D eigenvalue weighted by Crippen LogP contribution is 2.37. The molecule has 0 saturated heterocycles. The van der Waals surface area contributed by atoms with E-state index >= 15 is 0 Å². The minimum atomic E-state index is -0.0176. The molecule has 0 amide bonds. The number of benzene rings is 4. The molecular formula is C33H30O9. The van der Waals surface area contributed by atoms with E-state index in [4.69, 9.17) is 28.4 Å². The second-order valence-corrected chi connectivity index (χ2v) is 9.06. The van der Waals surface area contributed by atoms with Crippen molar-refractivity contribution in [2.45, 2.75) is 0 Å². The Morgan fingerprint density at radius 2 is 0.714 bits per heavy atom. The molecule has 4 rings (SSSR count). The molecule has 4 aromatic rings. The summed E-state index contributed by atoms with van der Waals surface area (Å²) in [6.07, 6.45) is 2.18. The van der Waals surface area contributed by atoms with Crippen molar-refractivity contribution < 1.29 is 42.8 Å². The number of hydrogen-bond acceptors (Lipinski definition) is 9. The molecule has 4 aromatic carbocycles. The summed E-state index contributed by atoms with van der Waals surface area (Å²) in [4.78, 5) is 34.9. The van der Waals surface area contributed by atoms with Gasteiger partial charge in [0.25, 0.3) is 0 Å². The molecule has 42 heavy (non-hydrogen) atoms. The van der Waals surface area contributed by atoms with Crippen molar-refractivity contribution in [2.75, 3.05) is 41.7 Å². The molecule has 0 saturated carbocycles. The van der Waals surface area contributed by atoms with Crippen LogP contribution in [0.25, 0.3) is 33.4 Å². The van der Waals surface area contributed by atoms with Crippen LogP contribution in [-0.2, 0) is 14.2 Å². The van der Waals surface area contributed by atoms with E-state index in [1.165, 1.54) is 21.3 Å². The average Bonchev–Trinajstić information content (AvgIpc) is 3.04. The standard InChI is InChI=1S/C33H30O9/c1-37-19-40-31-13-22(4-7-25(31)16-34)28-10-29(23-5-8-26(17-35)32(14-23)41-20-38-2)12-30(11-28)24-6-9-27(18-36)33(15-24)42-21-39-3/h4-18H,19-21H2,1-3H3. The zero-order valence-electron chi connectivity index (χ0n) is 23.5. The van der Waals surface area contributed by atoms with Crippen molar-refractivity contribution >= 4 is 18.9 Å². The Bertz CT molecular complexity index is 1360. The van der Waals surface area contributed by atoms with Gasteiger partial charge in [0.1, 0.15) is 17.2 Å². The summed E-state index contributed by atoms with van der Waals surface area (Å²) in [7, 11) is 4.50. The summed E-state index contributed by atoms with van der Waals surface area (Å²) in [6.45, 7) is -0.0528. The second-order valence-electron chi connectivity index (χ2n) is 9.06. The maximum atomic E-state index is 11.6. The van der Waals surface area contributed by atoms with E-state index in [0.29, 0.717) is 33.9 Å². The predicted octanol–water partition coefficient (Wildman–Crippen LogP) is 6.07. The molecule has 0 atom stereocenters. The smallest absolute Gasteiger partial charge is 0.188 e. The molecule has 216 valence electrons. The molecule has 0 aromatic heterocycles. The van der Waals surface area contributed by atoms with Crippen LogP contribution in [0.2, 0.25) is 0 Å². The summed E-state index contributed by atoms with van der Waals surface area (Å²) in [5.74, 6) is 1.15. The number of methoxy groups -OCH3 is 3. The molecular weight excluding hydrogens is 540 g/mol. The van der Waals surface area contributed by atoms with Crippen LogP contribution in [0.4, 0.5) is 0 Å². The first-order valence-electron chi connectivity index (χ1n) is 12.8.